The van der Waals surface area contributed by atoms with E-state index in [1.54, 1.807) is 19.2 Å². The average Bonchev–Trinajstić information content (AvgIpc) is 2.65. The fraction of sp³-hybridized carbons (Fsp3) is 0.409. The molecule has 2 aromatic carbocycles. The molecule has 0 aromatic heterocycles. The van der Waals surface area contributed by atoms with Crippen LogP contribution in [0.1, 0.15) is 30.5 Å². The molecule has 0 aliphatic carbocycles. The van der Waals surface area contributed by atoms with Crippen molar-refractivity contribution in [2.75, 3.05) is 19.8 Å². The number of sulfone groups is 1. The van der Waals surface area contributed by atoms with E-state index in [1.165, 1.54) is 6.26 Å². The monoisotopic (exact) mass is 417 g/mol. The van der Waals surface area contributed by atoms with E-state index >= 15 is 0 Å². The van der Waals surface area contributed by atoms with Crippen LogP contribution < -0.4 is 15.4 Å². The molecular weight excluding hydrogens is 386 g/mol. The Balaban J connectivity index is 1.89. The Morgan fingerprint density at radius 2 is 1.79 bits per heavy atom. The van der Waals surface area contributed by atoms with Gasteiger partial charge in [0.2, 0.25) is 0 Å². The number of rotatable bonds is 8. The predicted molar refractivity (Wildman–Crippen MR) is 118 cm³/mol. The lowest BCUT2D eigenvalue weighted by atomic mass is 10.1. The Labute approximate surface area is 174 Å². The molecule has 0 radical (unpaired) electrons. The zero-order valence-electron chi connectivity index (χ0n) is 17.8. The number of aryl methyl sites for hydroxylation is 1. The third-order valence-corrected chi connectivity index (χ3v) is 5.44. The van der Waals surface area contributed by atoms with Crippen molar-refractivity contribution in [3.8, 4) is 5.75 Å². The molecule has 0 saturated heterocycles. The van der Waals surface area contributed by atoms with E-state index in [0.717, 1.165) is 28.9 Å². The lowest BCUT2D eigenvalue weighted by molar-refractivity contribution is 0.239. The number of ether oxygens (including phenoxy) is 1. The van der Waals surface area contributed by atoms with Gasteiger partial charge in [-0.05, 0) is 56.5 Å². The third-order valence-electron chi connectivity index (χ3n) is 4.31. The summed E-state index contributed by atoms with van der Waals surface area (Å²) in [5.41, 5.74) is 3.30. The van der Waals surface area contributed by atoms with E-state index in [-0.39, 0.29) is 6.10 Å². The van der Waals surface area contributed by atoms with Crippen LogP contribution >= 0.6 is 0 Å². The Bertz CT molecular complexity index is 936. The molecule has 0 aliphatic heterocycles. The van der Waals surface area contributed by atoms with Crippen molar-refractivity contribution in [1.29, 1.82) is 0 Å². The minimum atomic E-state index is -3.16. The van der Waals surface area contributed by atoms with E-state index in [9.17, 15) is 8.42 Å². The standard InChI is InChI=1S/C22H31N3O3S/c1-16(2)28-21-14-17(3)6-9-19(21)15-25-22(23-4)24-13-12-18-7-10-20(11-8-18)29(5,26)27/h6-11,14,16H,12-13,15H2,1-5H3,(H2,23,24,25). The van der Waals surface area contributed by atoms with Gasteiger partial charge in [0.15, 0.2) is 15.8 Å². The number of nitrogens with one attached hydrogen (secondary N) is 2. The van der Waals surface area contributed by atoms with Crippen LogP contribution in [0.3, 0.4) is 0 Å². The first kappa shape index (κ1) is 22.7. The molecule has 29 heavy (non-hydrogen) atoms. The molecule has 2 N–H and O–H groups in total. The second kappa shape index (κ2) is 10.3. The highest BCUT2D eigenvalue weighted by molar-refractivity contribution is 7.90. The molecule has 2 rings (SSSR count). The molecule has 158 valence electrons. The largest absolute Gasteiger partial charge is 0.491 e. The normalized spacial score (nSPS) is 12.1. The summed E-state index contributed by atoms with van der Waals surface area (Å²) in [4.78, 5) is 4.60. The predicted octanol–water partition coefficient (Wildman–Crippen LogP) is 3.09. The van der Waals surface area contributed by atoms with Crippen LogP contribution in [0.2, 0.25) is 0 Å². The summed E-state index contributed by atoms with van der Waals surface area (Å²) in [7, 11) is -1.43. The number of aliphatic imine (C=N–C) groups is 1. The van der Waals surface area contributed by atoms with Crippen molar-refractivity contribution in [2.45, 2.75) is 44.7 Å². The molecule has 7 heteroatoms. The molecule has 0 heterocycles. The smallest absolute Gasteiger partial charge is 0.191 e. The van der Waals surface area contributed by atoms with Crippen molar-refractivity contribution in [1.82, 2.24) is 10.6 Å². The highest BCUT2D eigenvalue weighted by Crippen LogP contribution is 2.21. The molecule has 0 atom stereocenters. The van der Waals surface area contributed by atoms with Crippen LogP contribution in [0.4, 0.5) is 0 Å². The van der Waals surface area contributed by atoms with Gasteiger partial charge in [0, 0.05) is 32.0 Å². The molecule has 0 spiro atoms. The molecule has 0 fully saturated rings. The lowest BCUT2D eigenvalue weighted by Crippen LogP contribution is -2.38. The van der Waals surface area contributed by atoms with Gasteiger partial charge in [-0.1, -0.05) is 24.3 Å². The first-order valence-electron chi connectivity index (χ1n) is 9.68. The number of hydrogen-bond acceptors (Lipinski definition) is 4. The maximum absolute atomic E-state index is 11.5. The number of benzene rings is 2. The molecule has 0 amide bonds. The van der Waals surface area contributed by atoms with Gasteiger partial charge in [0.1, 0.15) is 5.75 Å². The summed E-state index contributed by atoms with van der Waals surface area (Å²) in [6, 6.07) is 13.2. The van der Waals surface area contributed by atoms with Crippen LogP contribution in [0, 0.1) is 6.92 Å². The number of hydrogen-bond donors (Lipinski definition) is 2. The zero-order valence-corrected chi connectivity index (χ0v) is 18.6. The number of guanidine groups is 1. The second-order valence-corrected chi connectivity index (χ2v) is 9.31. The molecule has 0 aliphatic rings. The van der Waals surface area contributed by atoms with Gasteiger partial charge < -0.3 is 15.4 Å². The summed E-state index contributed by atoms with van der Waals surface area (Å²) in [5.74, 6) is 1.59. The van der Waals surface area contributed by atoms with Gasteiger partial charge in [-0.25, -0.2) is 8.42 Å². The fourth-order valence-corrected chi connectivity index (χ4v) is 3.43. The summed E-state index contributed by atoms with van der Waals surface area (Å²) in [5, 5.41) is 6.60. The van der Waals surface area contributed by atoms with Gasteiger partial charge in [0.05, 0.1) is 11.0 Å². The van der Waals surface area contributed by atoms with Gasteiger partial charge >= 0.3 is 0 Å². The molecule has 6 nitrogen and oxygen atoms in total. The average molecular weight is 418 g/mol. The Kier molecular flexibility index (Phi) is 8.08. The topological polar surface area (TPSA) is 79.8 Å². The van der Waals surface area contributed by atoms with Crippen LogP contribution in [0.25, 0.3) is 0 Å². The van der Waals surface area contributed by atoms with Crippen LogP contribution in [-0.2, 0) is 22.8 Å². The summed E-state index contributed by atoms with van der Waals surface area (Å²) < 4.78 is 29.0. The molecular formula is C22H31N3O3S. The van der Waals surface area contributed by atoms with E-state index in [0.29, 0.717) is 23.9 Å². The number of nitrogens with zero attached hydrogens (tertiary/aromatic N) is 1. The highest BCUT2D eigenvalue weighted by atomic mass is 32.2. The Morgan fingerprint density at radius 1 is 1.10 bits per heavy atom. The quantitative estimate of drug-likeness (QED) is 0.510. The summed E-state index contributed by atoms with van der Waals surface area (Å²) in [6.45, 7) is 7.37. The van der Waals surface area contributed by atoms with Gasteiger partial charge in [-0.2, -0.15) is 0 Å². The van der Waals surface area contributed by atoms with Gasteiger partial charge in [-0.15, -0.1) is 0 Å². The van der Waals surface area contributed by atoms with Crippen molar-refractivity contribution < 1.29 is 13.2 Å². The second-order valence-electron chi connectivity index (χ2n) is 7.30. The zero-order chi connectivity index (χ0) is 21.4. The van der Waals surface area contributed by atoms with Crippen LogP contribution in [0.5, 0.6) is 5.75 Å². The fourth-order valence-electron chi connectivity index (χ4n) is 2.80. The summed E-state index contributed by atoms with van der Waals surface area (Å²) in [6.07, 6.45) is 2.09. The van der Waals surface area contributed by atoms with Crippen LogP contribution in [0.15, 0.2) is 52.4 Å². The Morgan fingerprint density at radius 3 is 2.38 bits per heavy atom. The minimum absolute atomic E-state index is 0.113. The van der Waals surface area contributed by atoms with E-state index in [1.807, 2.05) is 39.0 Å². The first-order valence-corrected chi connectivity index (χ1v) is 11.6. The SMILES string of the molecule is CN=C(NCCc1ccc(S(C)(=O)=O)cc1)NCc1ccc(C)cc1OC(C)C. The lowest BCUT2D eigenvalue weighted by Gasteiger charge is -2.17. The maximum Gasteiger partial charge on any atom is 0.191 e. The first-order chi connectivity index (χ1) is 13.7. The van der Waals surface area contributed by atoms with Crippen molar-refractivity contribution in [2.24, 2.45) is 4.99 Å². The van der Waals surface area contributed by atoms with Gasteiger partial charge in [-0.3, -0.25) is 4.99 Å². The highest BCUT2D eigenvalue weighted by Gasteiger charge is 2.08. The van der Waals surface area contributed by atoms with E-state index in [2.05, 4.69) is 27.8 Å². The van der Waals surface area contributed by atoms with Crippen molar-refractivity contribution >= 4 is 15.8 Å². The molecule has 0 saturated carbocycles. The van der Waals surface area contributed by atoms with Crippen molar-refractivity contribution in [3.63, 3.8) is 0 Å². The molecule has 0 bridgehead atoms. The maximum atomic E-state index is 11.5. The summed E-state index contributed by atoms with van der Waals surface area (Å²) >= 11 is 0. The minimum Gasteiger partial charge on any atom is -0.491 e. The molecule has 2 aromatic rings. The van der Waals surface area contributed by atoms with Crippen LogP contribution in [-0.4, -0.2) is 40.3 Å². The Hall–Kier alpha value is -2.54. The van der Waals surface area contributed by atoms with E-state index in [4.69, 9.17) is 4.74 Å². The van der Waals surface area contributed by atoms with Gasteiger partial charge in [0.25, 0.3) is 0 Å². The third kappa shape index (κ3) is 7.42. The molecule has 0 unspecified atom stereocenters. The van der Waals surface area contributed by atoms with Crippen molar-refractivity contribution in [3.05, 3.63) is 59.2 Å². The van der Waals surface area contributed by atoms with E-state index < -0.39 is 9.84 Å².